The number of nitrogens with one attached hydrogen (secondary N) is 3. The lowest BCUT2D eigenvalue weighted by atomic mass is 10.0. The van der Waals surface area contributed by atoms with E-state index in [0.29, 0.717) is 5.75 Å². The predicted octanol–water partition coefficient (Wildman–Crippen LogP) is 0.433. The van der Waals surface area contributed by atoms with Crippen LogP contribution in [-0.2, 0) is 9.59 Å². The first kappa shape index (κ1) is 19.2. The molecule has 8 nitrogen and oxygen atoms in total. The van der Waals surface area contributed by atoms with Crippen LogP contribution in [0.1, 0.15) is 20.8 Å². The highest BCUT2D eigenvalue weighted by atomic mass is 19.1. The summed E-state index contributed by atoms with van der Waals surface area (Å²) in [5, 5.41) is 2.29. The molecule has 0 fully saturated rings. The summed E-state index contributed by atoms with van der Waals surface area (Å²) in [7, 11) is 0. The van der Waals surface area contributed by atoms with Gasteiger partial charge in [0.2, 0.25) is 0 Å². The molecule has 1 aromatic rings. The van der Waals surface area contributed by atoms with Gasteiger partial charge in [-0.15, -0.1) is 0 Å². The van der Waals surface area contributed by atoms with Crippen LogP contribution in [0.4, 0.5) is 9.18 Å². The molecule has 0 spiro atoms. The van der Waals surface area contributed by atoms with Crippen molar-refractivity contribution in [1.29, 1.82) is 0 Å². The van der Waals surface area contributed by atoms with E-state index in [0.717, 1.165) is 0 Å². The third-order valence-electron chi connectivity index (χ3n) is 3.05. The quantitative estimate of drug-likeness (QED) is 0.561. The number of benzene rings is 1. The second-order valence-electron chi connectivity index (χ2n) is 5.42. The molecule has 0 aliphatic heterocycles. The van der Waals surface area contributed by atoms with Gasteiger partial charge in [-0.1, -0.05) is 13.8 Å². The van der Waals surface area contributed by atoms with Crippen LogP contribution in [-0.4, -0.2) is 30.0 Å². The van der Waals surface area contributed by atoms with Crippen LogP contribution < -0.4 is 26.6 Å². The molecular weight excluding hydrogens is 319 g/mol. The van der Waals surface area contributed by atoms with E-state index in [2.05, 4.69) is 16.2 Å². The lowest BCUT2D eigenvalue weighted by Crippen LogP contribution is -2.56. The summed E-state index contributed by atoms with van der Waals surface area (Å²) in [5.74, 6) is -1.59. The molecule has 9 heteroatoms. The van der Waals surface area contributed by atoms with E-state index in [-0.39, 0.29) is 5.92 Å². The molecule has 5 N–H and O–H groups in total. The van der Waals surface area contributed by atoms with Crippen molar-refractivity contribution < 1.29 is 23.5 Å². The van der Waals surface area contributed by atoms with Crippen LogP contribution in [0.3, 0.4) is 0 Å². The number of carbonyl (C=O) groups is 3. The number of amides is 4. The topological polar surface area (TPSA) is 123 Å². The Morgan fingerprint density at radius 3 is 2.08 bits per heavy atom. The van der Waals surface area contributed by atoms with Gasteiger partial charge in [0.05, 0.1) is 0 Å². The number of hydrazine groups is 1. The van der Waals surface area contributed by atoms with Crippen molar-refractivity contribution in [2.24, 2.45) is 11.7 Å². The smallest absolute Gasteiger partial charge is 0.312 e. The van der Waals surface area contributed by atoms with Crippen LogP contribution in [0.15, 0.2) is 24.3 Å². The van der Waals surface area contributed by atoms with Crippen molar-refractivity contribution in [3.63, 3.8) is 0 Å². The van der Waals surface area contributed by atoms with Crippen molar-refractivity contribution in [2.45, 2.75) is 32.9 Å². The van der Waals surface area contributed by atoms with Crippen LogP contribution in [0.2, 0.25) is 0 Å². The summed E-state index contributed by atoms with van der Waals surface area (Å²) < 4.78 is 18.1. The SMILES string of the molecule is CC(C)[C@@H](NC(N)=O)C(=O)NNC(=O)[C@@H](C)Oc1ccc(F)cc1. The van der Waals surface area contributed by atoms with Crippen molar-refractivity contribution in [2.75, 3.05) is 0 Å². The summed E-state index contributed by atoms with van der Waals surface area (Å²) >= 11 is 0. The first-order valence-corrected chi connectivity index (χ1v) is 7.28. The molecule has 2 atom stereocenters. The molecule has 132 valence electrons. The molecule has 0 saturated heterocycles. The van der Waals surface area contributed by atoms with Crippen molar-refractivity contribution >= 4 is 17.8 Å². The van der Waals surface area contributed by atoms with Gasteiger partial charge in [-0.25, -0.2) is 9.18 Å². The molecule has 4 amide bonds. The van der Waals surface area contributed by atoms with E-state index in [1.165, 1.54) is 31.2 Å². The van der Waals surface area contributed by atoms with Crippen LogP contribution >= 0.6 is 0 Å². The minimum absolute atomic E-state index is 0.234. The van der Waals surface area contributed by atoms with Gasteiger partial charge in [0.25, 0.3) is 11.8 Å². The summed E-state index contributed by atoms with van der Waals surface area (Å²) in [4.78, 5) is 34.8. The number of carbonyl (C=O) groups excluding carboxylic acids is 3. The Labute approximate surface area is 138 Å². The van der Waals surface area contributed by atoms with Gasteiger partial charge in [0, 0.05) is 0 Å². The summed E-state index contributed by atoms with van der Waals surface area (Å²) in [5.41, 5.74) is 9.39. The van der Waals surface area contributed by atoms with E-state index in [9.17, 15) is 18.8 Å². The minimum Gasteiger partial charge on any atom is -0.481 e. The van der Waals surface area contributed by atoms with Gasteiger partial charge in [-0.05, 0) is 37.1 Å². The first-order valence-electron chi connectivity index (χ1n) is 7.28. The number of hydrogen-bond acceptors (Lipinski definition) is 4. The number of halogens is 1. The van der Waals surface area contributed by atoms with Gasteiger partial charge in [-0.2, -0.15) is 0 Å². The average molecular weight is 340 g/mol. The predicted molar refractivity (Wildman–Crippen MR) is 84.1 cm³/mol. The van der Waals surface area contributed by atoms with Crippen LogP contribution in [0.25, 0.3) is 0 Å². The van der Waals surface area contributed by atoms with E-state index < -0.39 is 35.8 Å². The Balaban J connectivity index is 2.52. The molecule has 0 aromatic heterocycles. The maximum absolute atomic E-state index is 12.8. The Morgan fingerprint density at radius 1 is 1.04 bits per heavy atom. The van der Waals surface area contributed by atoms with Gasteiger partial charge < -0.3 is 15.8 Å². The number of ether oxygens (including phenoxy) is 1. The van der Waals surface area contributed by atoms with Gasteiger partial charge in [0.15, 0.2) is 6.10 Å². The normalized spacial score (nSPS) is 12.9. The molecule has 0 saturated carbocycles. The van der Waals surface area contributed by atoms with Gasteiger partial charge >= 0.3 is 6.03 Å². The molecule has 0 unspecified atom stereocenters. The highest BCUT2D eigenvalue weighted by molar-refractivity contribution is 5.89. The molecule has 0 bridgehead atoms. The zero-order chi connectivity index (χ0) is 18.3. The second-order valence-corrected chi connectivity index (χ2v) is 5.42. The minimum atomic E-state index is -0.933. The third-order valence-corrected chi connectivity index (χ3v) is 3.05. The maximum Gasteiger partial charge on any atom is 0.312 e. The fourth-order valence-corrected chi connectivity index (χ4v) is 1.76. The molecule has 0 heterocycles. The van der Waals surface area contributed by atoms with Crippen molar-refractivity contribution in [3.8, 4) is 5.75 Å². The Morgan fingerprint density at radius 2 is 1.58 bits per heavy atom. The molecule has 1 rings (SSSR count). The highest BCUT2D eigenvalue weighted by Crippen LogP contribution is 2.12. The second kappa shape index (κ2) is 8.70. The van der Waals surface area contributed by atoms with Crippen LogP contribution in [0.5, 0.6) is 5.75 Å². The molecule has 0 aliphatic rings. The highest BCUT2D eigenvalue weighted by Gasteiger charge is 2.24. The zero-order valence-electron chi connectivity index (χ0n) is 13.6. The molecular formula is C15H21FN4O4. The molecule has 24 heavy (non-hydrogen) atoms. The fourth-order valence-electron chi connectivity index (χ4n) is 1.76. The number of nitrogens with two attached hydrogens (primary N) is 1. The average Bonchev–Trinajstić information content (AvgIpc) is 2.51. The first-order chi connectivity index (χ1) is 11.2. The zero-order valence-corrected chi connectivity index (χ0v) is 13.6. The lowest BCUT2D eigenvalue weighted by molar-refractivity contribution is -0.133. The lowest BCUT2D eigenvalue weighted by Gasteiger charge is -2.21. The number of rotatable bonds is 6. The van der Waals surface area contributed by atoms with E-state index in [4.69, 9.17) is 10.5 Å². The summed E-state index contributed by atoms with van der Waals surface area (Å²) in [6.07, 6.45) is -0.933. The standard InChI is InChI=1S/C15H21FN4O4/c1-8(2)12(18-15(17)23)14(22)20-19-13(21)9(3)24-11-6-4-10(16)5-7-11/h4-9,12H,1-3H3,(H,19,21)(H,20,22)(H3,17,18,23)/t9-,12-/m1/s1. The monoisotopic (exact) mass is 340 g/mol. The van der Waals surface area contributed by atoms with E-state index >= 15 is 0 Å². The number of primary amides is 1. The maximum atomic E-state index is 12.8. The molecule has 1 aromatic carbocycles. The summed E-state index contributed by atoms with van der Waals surface area (Å²) in [6, 6.07) is 3.42. The third kappa shape index (κ3) is 6.11. The number of urea groups is 1. The Kier molecular flexibility index (Phi) is 6.97. The van der Waals surface area contributed by atoms with Gasteiger partial charge in [0.1, 0.15) is 17.6 Å². The largest absolute Gasteiger partial charge is 0.481 e. The van der Waals surface area contributed by atoms with E-state index in [1.807, 2.05) is 0 Å². The van der Waals surface area contributed by atoms with E-state index in [1.54, 1.807) is 13.8 Å². The van der Waals surface area contributed by atoms with Crippen molar-refractivity contribution in [3.05, 3.63) is 30.1 Å². The number of hydrogen-bond donors (Lipinski definition) is 4. The Bertz CT molecular complexity index is 592. The van der Waals surface area contributed by atoms with Gasteiger partial charge in [-0.3, -0.25) is 20.4 Å². The molecule has 0 aliphatic carbocycles. The van der Waals surface area contributed by atoms with Crippen LogP contribution in [0, 0.1) is 11.7 Å². The Hall–Kier alpha value is -2.84. The van der Waals surface area contributed by atoms with Crippen molar-refractivity contribution in [1.82, 2.24) is 16.2 Å². The molecule has 0 radical (unpaired) electrons. The summed E-state index contributed by atoms with van der Waals surface area (Å²) in [6.45, 7) is 4.89. The fraction of sp³-hybridized carbons (Fsp3) is 0.400.